The van der Waals surface area contributed by atoms with E-state index in [2.05, 4.69) is 20.5 Å². The van der Waals surface area contributed by atoms with Crippen molar-refractivity contribution in [2.75, 3.05) is 33.7 Å². The largest absolute Gasteiger partial charge is 0.359 e. The molecule has 1 aliphatic heterocycles. The minimum atomic E-state index is -0.114. The van der Waals surface area contributed by atoms with Crippen molar-refractivity contribution >= 4 is 35.8 Å². The Balaban J connectivity index is 0.00000261. The van der Waals surface area contributed by atoms with Gasteiger partial charge in [0, 0.05) is 45.6 Å². The van der Waals surface area contributed by atoms with Gasteiger partial charge in [0.25, 0.3) is 0 Å². The van der Waals surface area contributed by atoms with Gasteiger partial charge < -0.3 is 15.5 Å². The normalized spacial score (nSPS) is 19.2. The van der Waals surface area contributed by atoms with Crippen molar-refractivity contribution in [1.82, 2.24) is 15.5 Å². The van der Waals surface area contributed by atoms with E-state index >= 15 is 0 Å². The van der Waals surface area contributed by atoms with E-state index < -0.39 is 0 Å². The number of rotatable bonds is 5. The maximum absolute atomic E-state index is 14.2. The van der Waals surface area contributed by atoms with Crippen molar-refractivity contribution < 1.29 is 9.18 Å². The summed E-state index contributed by atoms with van der Waals surface area (Å²) in [5.41, 5.74) is 0.714. The molecule has 1 saturated carbocycles. The van der Waals surface area contributed by atoms with E-state index in [4.69, 9.17) is 0 Å². The summed E-state index contributed by atoms with van der Waals surface area (Å²) in [6.45, 7) is 2.50. The second kappa shape index (κ2) is 9.71. The smallest absolute Gasteiger partial charge is 0.220 e. The summed E-state index contributed by atoms with van der Waals surface area (Å²) in [7, 11) is 3.48. The summed E-state index contributed by atoms with van der Waals surface area (Å²) >= 11 is 0. The van der Waals surface area contributed by atoms with Gasteiger partial charge >= 0.3 is 0 Å². The molecule has 1 aliphatic carbocycles. The molecular weight excluding hydrogens is 458 g/mol. The summed E-state index contributed by atoms with van der Waals surface area (Å²) in [6, 6.07) is 7.09. The topological polar surface area (TPSA) is 56.7 Å². The van der Waals surface area contributed by atoms with Gasteiger partial charge in [-0.25, -0.2) is 4.39 Å². The Labute approximate surface area is 178 Å². The number of carbonyl (C=O) groups excluding carboxylic acids is 1. The van der Waals surface area contributed by atoms with Crippen LogP contribution in [0.1, 0.15) is 37.7 Å². The number of hydrogen-bond acceptors (Lipinski definition) is 2. The van der Waals surface area contributed by atoms with E-state index in [0.29, 0.717) is 18.9 Å². The average molecular weight is 488 g/mol. The Kier molecular flexibility index (Phi) is 7.88. The molecule has 1 aromatic rings. The summed E-state index contributed by atoms with van der Waals surface area (Å²) in [4.78, 5) is 18.2. The number of carbonyl (C=O) groups is 1. The number of piperidine rings is 1. The molecule has 1 saturated heterocycles. The third-order valence-electron chi connectivity index (χ3n) is 5.76. The first-order valence-corrected chi connectivity index (χ1v) is 9.49. The Hall–Kier alpha value is -1.38. The number of nitrogens with zero attached hydrogens (tertiary/aromatic N) is 2. The zero-order chi connectivity index (χ0) is 18.6. The highest BCUT2D eigenvalue weighted by molar-refractivity contribution is 14.0. The Bertz CT molecular complexity index is 670. The van der Waals surface area contributed by atoms with Crippen LogP contribution in [0.25, 0.3) is 0 Å². The molecule has 1 aromatic carbocycles. The third kappa shape index (κ3) is 5.33. The Morgan fingerprint density at radius 1 is 1.30 bits per heavy atom. The van der Waals surface area contributed by atoms with Crippen LogP contribution in [-0.2, 0) is 10.2 Å². The second-order valence-electron chi connectivity index (χ2n) is 7.47. The molecule has 3 rings (SSSR count). The fraction of sp³-hybridized carbons (Fsp3) is 0.600. The van der Waals surface area contributed by atoms with Crippen LogP contribution in [0.2, 0.25) is 0 Å². The average Bonchev–Trinajstić information content (AvgIpc) is 3.44. The predicted molar refractivity (Wildman–Crippen MR) is 117 cm³/mol. The zero-order valence-corrected chi connectivity index (χ0v) is 18.5. The summed E-state index contributed by atoms with van der Waals surface area (Å²) in [5, 5.41) is 6.17. The van der Waals surface area contributed by atoms with Crippen LogP contribution >= 0.6 is 24.0 Å². The van der Waals surface area contributed by atoms with Crippen molar-refractivity contribution in [2.45, 2.75) is 37.5 Å². The molecule has 0 aromatic heterocycles. The first-order valence-electron chi connectivity index (χ1n) is 9.49. The van der Waals surface area contributed by atoms with E-state index in [-0.39, 0.29) is 41.1 Å². The number of likely N-dealkylation sites (tertiary alicyclic amines) is 1. The van der Waals surface area contributed by atoms with Crippen molar-refractivity contribution in [3.8, 4) is 0 Å². The first-order chi connectivity index (χ1) is 12.6. The van der Waals surface area contributed by atoms with Crippen molar-refractivity contribution in [3.63, 3.8) is 0 Å². The first kappa shape index (κ1) is 21.9. The number of aliphatic imine (C=N–C) groups is 1. The molecule has 1 amide bonds. The fourth-order valence-corrected chi connectivity index (χ4v) is 3.88. The number of guanidine groups is 1. The molecule has 1 heterocycles. The van der Waals surface area contributed by atoms with Gasteiger partial charge in [-0.15, -0.1) is 24.0 Å². The van der Waals surface area contributed by atoms with Crippen LogP contribution in [0.4, 0.5) is 4.39 Å². The summed E-state index contributed by atoms with van der Waals surface area (Å²) in [6.07, 6.45) is 4.60. The predicted octanol–water partition coefficient (Wildman–Crippen LogP) is 2.90. The molecule has 27 heavy (non-hydrogen) atoms. The second-order valence-corrected chi connectivity index (χ2v) is 7.47. The van der Waals surface area contributed by atoms with Crippen LogP contribution in [0.3, 0.4) is 0 Å². The number of halogens is 2. The Morgan fingerprint density at radius 2 is 1.96 bits per heavy atom. The van der Waals surface area contributed by atoms with Crippen molar-refractivity contribution in [3.05, 3.63) is 35.6 Å². The van der Waals surface area contributed by atoms with Gasteiger partial charge in [0.2, 0.25) is 5.91 Å². The fourth-order valence-electron chi connectivity index (χ4n) is 3.88. The van der Waals surface area contributed by atoms with E-state index in [9.17, 15) is 9.18 Å². The minimum absolute atomic E-state index is 0. The number of hydrogen-bond donors (Lipinski definition) is 2. The van der Waals surface area contributed by atoms with Gasteiger partial charge in [-0.05, 0) is 43.2 Å². The van der Waals surface area contributed by atoms with E-state index in [0.717, 1.165) is 50.3 Å². The maximum atomic E-state index is 14.2. The monoisotopic (exact) mass is 488 g/mol. The van der Waals surface area contributed by atoms with E-state index in [1.807, 2.05) is 12.1 Å². The minimum Gasteiger partial charge on any atom is -0.359 e. The van der Waals surface area contributed by atoms with Gasteiger partial charge in [-0.1, -0.05) is 18.2 Å². The Morgan fingerprint density at radius 3 is 2.52 bits per heavy atom. The molecule has 0 radical (unpaired) electrons. The zero-order valence-electron chi connectivity index (χ0n) is 16.1. The number of benzene rings is 1. The highest BCUT2D eigenvalue weighted by Crippen LogP contribution is 2.48. The van der Waals surface area contributed by atoms with E-state index in [1.165, 1.54) is 0 Å². The van der Waals surface area contributed by atoms with Crippen LogP contribution in [0, 0.1) is 11.7 Å². The molecule has 0 spiro atoms. The highest BCUT2D eigenvalue weighted by atomic mass is 127. The maximum Gasteiger partial charge on any atom is 0.220 e. The molecule has 2 aliphatic rings. The molecule has 7 heteroatoms. The molecule has 0 bridgehead atoms. The van der Waals surface area contributed by atoms with E-state index in [1.54, 1.807) is 26.2 Å². The quantitative estimate of drug-likeness (QED) is 0.381. The summed E-state index contributed by atoms with van der Waals surface area (Å²) in [5.74, 6) is 1.33. The SMILES string of the molecule is CN=C(NCC1(c2ccccc2F)CC1)N1CCC(CC(=O)NC)CC1.I. The third-order valence-corrected chi connectivity index (χ3v) is 5.76. The highest BCUT2D eigenvalue weighted by Gasteiger charge is 2.46. The van der Waals surface area contributed by atoms with Crippen LogP contribution in [-0.4, -0.2) is 50.5 Å². The van der Waals surface area contributed by atoms with Crippen LogP contribution in [0.5, 0.6) is 0 Å². The lowest BCUT2D eigenvalue weighted by Crippen LogP contribution is -2.47. The van der Waals surface area contributed by atoms with Gasteiger partial charge in [0.1, 0.15) is 5.82 Å². The molecule has 2 fully saturated rings. The van der Waals surface area contributed by atoms with Crippen molar-refractivity contribution in [2.24, 2.45) is 10.9 Å². The molecule has 0 unspecified atom stereocenters. The van der Waals surface area contributed by atoms with Crippen molar-refractivity contribution in [1.29, 1.82) is 0 Å². The lowest BCUT2D eigenvalue weighted by Gasteiger charge is -2.34. The summed E-state index contributed by atoms with van der Waals surface area (Å²) < 4.78 is 14.2. The number of amides is 1. The van der Waals surface area contributed by atoms with Gasteiger partial charge in [0.15, 0.2) is 5.96 Å². The lowest BCUT2D eigenvalue weighted by molar-refractivity contribution is -0.121. The molecule has 0 atom stereocenters. The van der Waals surface area contributed by atoms with Gasteiger partial charge in [-0.2, -0.15) is 0 Å². The molecule has 5 nitrogen and oxygen atoms in total. The molecule has 2 N–H and O–H groups in total. The van der Waals surface area contributed by atoms with Crippen LogP contribution in [0.15, 0.2) is 29.3 Å². The standard InChI is InChI=1S/C20H29FN4O.HI/c1-22-18(26)13-15-7-11-25(12-8-15)19(23-2)24-14-20(9-10-20)16-5-3-4-6-17(16)21;/h3-6,15H,7-14H2,1-2H3,(H,22,26)(H,23,24);1H. The van der Waals surface area contributed by atoms with Gasteiger partial charge in [-0.3, -0.25) is 9.79 Å². The lowest BCUT2D eigenvalue weighted by atomic mass is 9.93. The number of nitrogens with one attached hydrogen (secondary N) is 2. The molecular formula is C20H30FIN4O. The van der Waals surface area contributed by atoms with Crippen LogP contribution < -0.4 is 10.6 Å². The molecule has 150 valence electrons. The van der Waals surface area contributed by atoms with Gasteiger partial charge in [0.05, 0.1) is 0 Å².